The zero-order valence-electron chi connectivity index (χ0n) is 11.0. The van der Waals surface area contributed by atoms with Crippen molar-refractivity contribution in [1.29, 1.82) is 0 Å². The number of nitrogens with one attached hydrogen (secondary N) is 1. The molecule has 0 aliphatic rings. The van der Waals surface area contributed by atoms with E-state index in [-0.39, 0.29) is 11.5 Å². The zero-order chi connectivity index (χ0) is 14.7. The van der Waals surface area contributed by atoms with Gasteiger partial charge in [-0.25, -0.2) is 14.6 Å². The summed E-state index contributed by atoms with van der Waals surface area (Å²) in [5.74, 6) is -0.335. The van der Waals surface area contributed by atoms with Crippen LogP contribution in [0.2, 0.25) is 0 Å². The van der Waals surface area contributed by atoms with E-state index in [1.165, 1.54) is 12.4 Å². The van der Waals surface area contributed by atoms with Gasteiger partial charge in [-0.05, 0) is 12.1 Å². The van der Waals surface area contributed by atoms with Gasteiger partial charge in [-0.1, -0.05) is 18.2 Å². The van der Waals surface area contributed by atoms with E-state index < -0.39 is 5.91 Å². The van der Waals surface area contributed by atoms with E-state index in [9.17, 15) is 4.79 Å². The minimum atomic E-state index is -0.423. The molecule has 3 rings (SSSR count). The molecule has 3 aromatic rings. The average Bonchev–Trinajstić information content (AvgIpc) is 2.97. The maximum atomic E-state index is 12.1. The Kier molecular flexibility index (Phi) is 3.30. The molecule has 0 aliphatic heterocycles. The Morgan fingerprint density at radius 3 is 2.67 bits per heavy atom. The molecular formula is C14H12N6O. The number of carbonyl (C=O) groups is 1. The van der Waals surface area contributed by atoms with Crippen LogP contribution in [0, 0.1) is 0 Å². The fourth-order valence-electron chi connectivity index (χ4n) is 1.82. The highest BCUT2D eigenvalue weighted by atomic mass is 16.1. The van der Waals surface area contributed by atoms with Gasteiger partial charge in [0.25, 0.3) is 5.91 Å². The van der Waals surface area contributed by atoms with Crippen molar-refractivity contribution in [3.63, 3.8) is 0 Å². The average molecular weight is 280 g/mol. The standard InChI is InChI=1S/C14H12N6O/c15-13-12(16-6-7-17-13)14(21)19-10-8-18-20(9-10)11-4-2-1-3-5-11/h1-9H,(H2,15,17)(H,19,21). The summed E-state index contributed by atoms with van der Waals surface area (Å²) in [5, 5.41) is 6.87. The van der Waals surface area contributed by atoms with Gasteiger partial charge in [0.05, 0.1) is 23.8 Å². The monoisotopic (exact) mass is 280 g/mol. The molecule has 1 amide bonds. The van der Waals surface area contributed by atoms with Crippen LogP contribution < -0.4 is 11.1 Å². The maximum Gasteiger partial charge on any atom is 0.278 e. The lowest BCUT2D eigenvalue weighted by atomic mass is 10.3. The second-order valence-corrected chi connectivity index (χ2v) is 4.25. The van der Waals surface area contributed by atoms with E-state index in [1.54, 1.807) is 17.1 Å². The molecule has 0 atom stereocenters. The predicted molar refractivity (Wildman–Crippen MR) is 78.0 cm³/mol. The first-order valence-electron chi connectivity index (χ1n) is 6.22. The Morgan fingerprint density at radius 2 is 1.90 bits per heavy atom. The summed E-state index contributed by atoms with van der Waals surface area (Å²) in [5.41, 5.74) is 7.15. The molecule has 3 N–H and O–H groups in total. The van der Waals surface area contributed by atoms with Crippen molar-refractivity contribution in [2.24, 2.45) is 0 Å². The van der Waals surface area contributed by atoms with Crippen LogP contribution in [0.5, 0.6) is 0 Å². The quantitative estimate of drug-likeness (QED) is 0.757. The third-order valence-corrected chi connectivity index (χ3v) is 2.80. The Bertz CT molecular complexity index is 768. The van der Waals surface area contributed by atoms with Gasteiger partial charge < -0.3 is 11.1 Å². The number of rotatable bonds is 3. The minimum absolute atomic E-state index is 0.0879. The maximum absolute atomic E-state index is 12.1. The van der Waals surface area contributed by atoms with Crippen LogP contribution in [0.3, 0.4) is 0 Å². The highest BCUT2D eigenvalue weighted by Gasteiger charge is 2.13. The fourth-order valence-corrected chi connectivity index (χ4v) is 1.82. The van der Waals surface area contributed by atoms with E-state index in [4.69, 9.17) is 5.73 Å². The number of carbonyl (C=O) groups excluding carboxylic acids is 1. The third-order valence-electron chi connectivity index (χ3n) is 2.80. The second-order valence-electron chi connectivity index (χ2n) is 4.25. The number of nitrogen functional groups attached to an aromatic ring is 1. The molecule has 0 fully saturated rings. The summed E-state index contributed by atoms with van der Waals surface area (Å²) in [6.45, 7) is 0. The van der Waals surface area contributed by atoms with Gasteiger partial charge in [0.2, 0.25) is 0 Å². The molecule has 0 spiro atoms. The molecule has 0 radical (unpaired) electrons. The normalized spacial score (nSPS) is 10.3. The van der Waals surface area contributed by atoms with Crippen molar-refractivity contribution in [3.8, 4) is 5.69 Å². The molecule has 0 saturated heterocycles. The second kappa shape index (κ2) is 5.41. The van der Waals surface area contributed by atoms with E-state index in [0.29, 0.717) is 5.69 Å². The molecule has 7 heteroatoms. The predicted octanol–water partition coefficient (Wildman–Crippen LogP) is 1.50. The topological polar surface area (TPSA) is 98.7 Å². The number of nitrogens with zero attached hydrogens (tertiary/aromatic N) is 4. The minimum Gasteiger partial charge on any atom is -0.382 e. The number of anilines is 2. The number of aromatic nitrogens is 4. The molecular weight excluding hydrogens is 268 g/mol. The van der Waals surface area contributed by atoms with E-state index >= 15 is 0 Å². The Morgan fingerprint density at radius 1 is 1.14 bits per heavy atom. The summed E-state index contributed by atoms with van der Waals surface area (Å²) in [6, 6.07) is 9.58. The van der Waals surface area contributed by atoms with Crippen molar-refractivity contribution in [3.05, 3.63) is 60.8 Å². The molecule has 1 aromatic carbocycles. The van der Waals surface area contributed by atoms with Gasteiger partial charge in [-0.3, -0.25) is 4.79 Å². The molecule has 0 aliphatic carbocycles. The van der Waals surface area contributed by atoms with Crippen molar-refractivity contribution in [2.45, 2.75) is 0 Å². The number of para-hydroxylation sites is 1. The molecule has 104 valence electrons. The van der Waals surface area contributed by atoms with Crippen LogP contribution in [0.25, 0.3) is 5.69 Å². The summed E-state index contributed by atoms with van der Waals surface area (Å²) in [6.07, 6.45) is 6.11. The highest BCUT2D eigenvalue weighted by Crippen LogP contribution is 2.13. The fraction of sp³-hybridized carbons (Fsp3) is 0. The largest absolute Gasteiger partial charge is 0.382 e. The van der Waals surface area contributed by atoms with E-state index in [2.05, 4.69) is 20.4 Å². The third kappa shape index (κ3) is 2.71. The molecule has 0 bridgehead atoms. The Balaban J connectivity index is 1.79. The highest BCUT2D eigenvalue weighted by molar-refractivity contribution is 6.05. The lowest BCUT2D eigenvalue weighted by molar-refractivity contribution is 0.102. The number of hydrogen-bond acceptors (Lipinski definition) is 5. The molecule has 2 aromatic heterocycles. The molecule has 21 heavy (non-hydrogen) atoms. The lowest BCUT2D eigenvalue weighted by Crippen LogP contribution is -2.16. The van der Waals surface area contributed by atoms with Gasteiger partial charge in [0.15, 0.2) is 11.5 Å². The summed E-state index contributed by atoms with van der Waals surface area (Å²) in [7, 11) is 0. The van der Waals surface area contributed by atoms with Gasteiger partial charge >= 0.3 is 0 Å². The summed E-state index contributed by atoms with van der Waals surface area (Å²) >= 11 is 0. The Labute approximate surface area is 120 Å². The molecule has 0 saturated carbocycles. The van der Waals surface area contributed by atoms with Crippen molar-refractivity contribution < 1.29 is 4.79 Å². The van der Waals surface area contributed by atoms with Crippen LogP contribution in [0.4, 0.5) is 11.5 Å². The van der Waals surface area contributed by atoms with E-state index in [1.807, 2.05) is 30.3 Å². The smallest absolute Gasteiger partial charge is 0.278 e. The van der Waals surface area contributed by atoms with Crippen molar-refractivity contribution in [1.82, 2.24) is 19.7 Å². The van der Waals surface area contributed by atoms with Crippen LogP contribution >= 0.6 is 0 Å². The van der Waals surface area contributed by atoms with E-state index in [0.717, 1.165) is 5.69 Å². The SMILES string of the molecule is Nc1nccnc1C(=O)Nc1cnn(-c2ccccc2)c1. The first-order valence-corrected chi connectivity index (χ1v) is 6.22. The molecule has 0 unspecified atom stereocenters. The summed E-state index contributed by atoms with van der Waals surface area (Å²) < 4.78 is 1.66. The zero-order valence-corrected chi connectivity index (χ0v) is 11.0. The first-order chi connectivity index (χ1) is 10.2. The Hall–Kier alpha value is -3.22. The molecule has 2 heterocycles. The number of hydrogen-bond donors (Lipinski definition) is 2. The summed E-state index contributed by atoms with van der Waals surface area (Å²) in [4.78, 5) is 19.8. The first kappa shape index (κ1) is 12.8. The van der Waals surface area contributed by atoms with Crippen LogP contribution in [-0.4, -0.2) is 25.7 Å². The lowest BCUT2D eigenvalue weighted by Gasteiger charge is -2.03. The molecule has 7 nitrogen and oxygen atoms in total. The van der Waals surface area contributed by atoms with Crippen molar-refractivity contribution >= 4 is 17.4 Å². The van der Waals surface area contributed by atoms with Crippen molar-refractivity contribution in [2.75, 3.05) is 11.1 Å². The number of benzene rings is 1. The van der Waals surface area contributed by atoms with Gasteiger partial charge in [-0.15, -0.1) is 0 Å². The van der Waals surface area contributed by atoms with Gasteiger partial charge in [-0.2, -0.15) is 5.10 Å². The van der Waals surface area contributed by atoms with Crippen LogP contribution in [0.15, 0.2) is 55.1 Å². The van der Waals surface area contributed by atoms with Crippen LogP contribution in [-0.2, 0) is 0 Å². The van der Waals surface area contributed by atoms with Gasteiger partial charge in [0.1, 0.15) is 0 Å². The van der Waals surface area contributed by atoms with Gasteiger partial charge in [0, 0.05) is 12.4 Å². The van der Waals surface area contributed by atoms with Crippen LogP contribution in [0.1, 0.15) is 10.5 Å². The number of amides is 1. The number of nitrogens with two attached hydrogens (primary N) is 1.